The van der Waals surface area contributed by atoms with Crippen molar-refractivity contribution in [1.82, 2.24) is 15.5 Å². The van der Waals surface area contributed by atoms with Crippen LogP contribution in [0.5, 0.6) is 5.75 Å². The van der Waals surface area contributed by atoms with E-state index < -0.39 is 18.1 Å². The second-order valence-electron chi connectivity index (χ2n) is 11.3. The Morgan fingerprint density at radius 3 is 2.26 bits per heavy atom. The molecule has 10 heteroatoms. The lowest BCUT2D eigenvalue weighted by atomic mass is 9.99. The van der Waals surface area contributed by atoms with Crippen molar-refractivity contribution in [3.8, 4) is 5.75 Å². The van der Waals surface area contributed by atoms with Crippen LogP contribution in [0, 0.1) is 0 Å². The summed E-state index contributed by atoms with van der Waals surface area (Å²) in [5.74, 6) is -0.248. The van der Waals surface area contributed by atoms with E-state index in [4.69, 9.17) is 4.74 Å². The standard InChI is InChI=1S/C37H44N4O5S/c1-4-16-41(17-5-2)37(45)29-21-28(22-30(23-29)39-36(44)34-15-10-18-47-34)35(43)40-32(20-26-11-7-6-8-12-26)33(42)25-38-24-27-13-9-14-31(19-27)46-3/h6-15,18-19,21-23,32-33,38,42H,4-5,16-17,20,24-25H2,1-3H3,(H,39,44)(H,40,43)/t32-,33+/m0/s1. The summed E-state index contributed by atoms with van der Waals surface area (Å²) in [6.07, 6.45) is 1.03. The van der Waals surface area contributed by atoms with Gasteiger partial charge in [-0.2, -0.15) is 0 Å². The maximum absolute atomic E-state index is 13.9. The van der Waals surface area contributed by atoms with E-state index in [1.807, 2.05) is 73.8 Å². The fourth-order valence-corrected chi connectivity index (χ4v) is 5.90. The number of methoxy groups -OCH3 is 1. The lowest BCUT2D eigenvalue weighted by molar-refractivity contribution is 0.0755. The summed E-state index contributed by atoms with van der Waals surface area (Å²) in [5.41, 5.74) is 2.81. The van der Waals surface area contributed by atoms with Gasteiger partial charge in [-0.25, -0.2) is 0 Å². The topological polar surface area (TPSA) is 120 Å². The van der Waals surface area contributed by atoms with Crippen LogP contribution in [0.2, 0.25) is 0 Å². The first-order valence-electron chi connectivity index (χ1n) is 16.0. The number of thiophene rings is 1. The summed E-state index contributed by atoms with van der Waals surface area (Å²) in [6, 6.07) is 24.9. The van der Waals surface area contributed by atoms with Gasteiger partial charge in [0.1, 0.15) is 5.75 Å². The predicted molar refractivity (Wildman–Crippen MR) is 187 cm³/mol. The van der Waals surface area contributed by atoms with Crippen molar-refractivity contribution >= 4 is 34.7 Å². The Hall–Kier alpha value is -4.51. The molecule has 3 amide bonds. The lowest BCUT2D eigenvalue weighted by Crippen LogP contribution is -2.48. The number of ether oxygens (including phenoxy) is 1. The van der Waals surface area contributed by atoms with E-state index in [1.54, 1.807) is 42.3 Å². The molecule has 0 bridgehead atoms. The Labute approximate surface area is 281 Å². The summed E-state index contributed by atoms with van der Waals surface area (Å²) in [7, 11) is 1.62. The monoisotopic (exact) mass is 656 g/mol. The number of amides is 3. The molecule has 0 aliphatic carbocycles. The average molecular weight is 657 g/mol. The van der Waals surface area contributed by atoms with Crippen molar-refractivity contribution < 1.29 is 24.2 Å². The Kier molecular flexibility index (Phi) is 13.5. The van der Waals surface area contributed by atoms with Gasteiger partial charge in [0, 0.05) is 43.0 Å². The Bertz CT molecular complexity index is 1590. The molecule has 0 saturated heterocycles. The van der Waals surface area contributed by atoms with Crippen LogP contribution in [0.1, 0.15) is 68.2 Å². The number of nitrogens with one attached hydrogen (secondary N) is 3. The van der Waals surface area contributed by atoms with Crippen molar-refractivity contribution in [3.63, 3.8) is 0 Å². The molecule has 0 aliphatic rings. The quantitative estimate of drug-likeness (QED) is 0.115. The number of carbonyl (C=O) groups is 3. The Balaban J connectivity index is 1.58. The molecule has 0 spiro atoms. The summed E-state index contributed by atoms with van der Waals surface area (Å²) in [5, 5.41) is 22.3. The van der Waals surface area contributed by atoms with Crippen LogP contribution in [0.4, 0.5) is 5.69 Å². The molecule has 9 nitrogen and oxygen atoms in total. The number of hydrogen-bond donors (Lipinski definition) is 4. The summed E-state index contributed by atoms with van der Waals surface area (Å²) in [6.45, 7) is 5.90. The summed E-state index contributed by atoms with van der Waals surface area (Å²) < 4.78 is 5.31. The van der Waals surface area contributed by atoms with E-state index >= 15 is 0 Å². The number of aliphatic hydroxyl groups excluding tert-OH is 1. The molecule has 0 saturated carbocycles. The molecular weight excluding hydrogens is 612 g/mol. The number of benzene rings is 3. The van der Waals surface area contributed by atoms with E-state index in [-0.39, 0.29) is 23.9 Å². The molecule has 1 heterocycles. The van der Waals surface area contributed by atoms with Gasteiger partial charge in [-0.15, -0.1) is 11.3 Å². The molecule has 0 radical (unpaired) electrons. The van der Waals surface area contributed by atoms with Gasteiger partial charge in [0.05, 0.1) is 24.1 Å². The minimum Gasteiger partial charge on any atom is -0.497 e. The van der Waals surface area contributed by atoms with E-state index in [2.05, 4.69) is 16.0 Å². The zero-order valence-corrected chi connectivity index (χ0v) is 28.0. The molecule has 0 unspecified atom stereocenters. The zero-order chi connectivity index (χ0) is 33.6. The molecule has 2 atom stereocenters. The highest BCUT2D eigenvalue weighted by Gasteiger charge is 2.24. The van der Waals surface area contributed by atoms with Gasteiger partial charge in [-0.1, -0.05) is 62.4 Å². The molecule has 4 rings (SSSR count). The number of anilines is 1. The van der Waals surface area contributed by atoms with Gasteiger partial charge < -0.3 is 30.7 Å². The summed E-state index contributed by atoms with van der Waals surface area (Å²) in [4.78, 5) is 42.7. The van der Waals surface area contributed by atoms with Crippen molar-refractivity contribution in [2.45, 2.75) is 51.8 Å². The van der Waals surface area contributed by atoms with Crippen LogP contribution < -0.4 is 20.7 Å². The van der Waals surface area contributed by atoms with Crippen molar-refractivity contribution in [3.05, 3.63) is 117 Å². The molecule has 4 aromatic rings. The highest BCUT2D eigenvalue weighted by Crippen LogP contribution is 2.21. The molecular formula is C37H44N4O5S. The van der Waals surface area contributed by atoms with Gasteiger partial charge in [0.15, 0.2) is 0 Å². The molecule has 4 N–H and O–H groups in total. The highest BCUT2D eigenvalue weighted by molar-refractivity contribution is 7.12. The third-order valence-electron chi connectivity index (χ3n) is 7.62. The first kappa shape index (κ1) is 35.3. The lowest BCUT2D eigenvalue weighted by Gasteiger charge is -2.25. The second kappa shape index (κ2) is 18.0. The first-order valence-corrected chi connectivity index (χ1v) is 16.8. The largest absolute Gasteiger partial charge is 0.497 e. The Morgan fingerprint density at radius 2 is 1.57 bits per heavy atom. The van der Waals surface area contributed by atoms with Gasteiger partial charge in [-0.3, -0.25) is 14.4 Å². The predicted octanol–water partition coefficient (Wildman–Crippen LogP) is 5.76. The fourth-order valence-electron chi connectivity index (χ4n) is 5.28. The average Bonchev–Trinajstić information content (AvgIpc) is 3.63. The van der Waals surface area contributed by atoms with Crippen LogP contribution in [-0.4, -0.2) is 66.6 Å². The van der Waals surface area contributed by atoms with Gasteiger partial charge in [0.2, 0.25) is 0 Å². The SMILES string of the molecule is CCCN(CCC)C(=O)c1cc(NC(=O)c2cccs2)cc(C(=O)N[C@@H](Cc2ccccc2)[C@H](O)CNCc2cccc(OC)c2)c1. The third kappa shape index (κ3) is 10.5. The molecule has 47 heavy (non-hydrogen) atoms. The van der Waals surface area contributed by atoms with Crippen LogP contribution in [0.15, 0.2) is 90.3 Å². The molecule has 0 aliphatic heterocycles. The molecule has 1 aromatic heterocycles. The Morgan fingerprint density at radius 1 is 0.851 bits per heavy atom. The maximum atomic E-state index is 13.9. The van der Waals surface area contributed by atoms with E-state index in [1.165, 1.54) is 11.3 Å². The second-order valence-corrected chi connectivity index (χ2v) is 12.3. The molecule has 3 aromatic carbocycles. The number of hydrogen-bond acceptors (Lipinski definition) is 7. The smallest absolute Gasteiger partial charge is 0.265 e. The van der Waals surface area contributed by atoms with Gasteiger partial charge in [-0.05, 0) is 72.2 Å². The fraction of sp³-hybridized carbons (Fsp3) is 0.324. The molecule has 0 fully saturated rings. The van der Waals surface area contributed by atoms with Crippen LogP contribution >= 0.6 is 11.3 Å². The highest BCUT2D eigenvalue weighted by atomic mass is 32.1. The minimum absolute atomic E-state index is 0.208. The number of carbonyl (C=O) groups excluding carboxylic acids is 3. The number of nitrogens with zero attached hydrogens (tertiary/aromatic N) is 1. The summed E-state index contributed by atoms with van der Waals surface area (Å²) >= 11 is 1.30. The van der Waals surface area contributed by atoms with Gasteiger partial charge >= 0.3 is 0 Å². The number of rotatable bonds is 17. The van der Waals surface area contributed by atoms with E-state index in [9.17, 15) is 19.5 Å². The molecule has 248 valence electrons. The van der Waals surface area contributed by atoms with Crippen LogP contribution in [-0.2, 0) is 13.0 Å². The minimum atomic E-state index is -0.933. The third-order valence-corrected chi connectivity index (χ3v) is 8.48. The first-order chi connectivity index (χ1) is 22.8. The van der Waals surface area contributed by atoms with E-state index in [0.29, 0.717) is 42.2 Å². The van der Waals surface area contributed by atoms with Gasteiger partial charge in [0.25, 0.3) is 17.7 Å². The number of aliphatic hydroxyl groups is 1. The maximum Gasteiger partial charge on any atom is 0.265 e. The van der Waals surface area contributed by atoms with Crippen LogP contribution in [0.3, 0.4) is 0 Å². The zero-order valence-electron chi connectivity index (χ0n) is 27.2. The van der Waals surface area contributed by atoms with Crippen molar-refractivity contribution in [2.24, 2.45) is 0 Å². The van der Waals surface area contributed by atoms with Crippen molar-refractivity contribution in [1.29, 1.82) is 0 Å². The normalized spacial score (nSPS) is 12.2. The van der Waals surface area contributed by atoms with Crippen molar-refractivity contribution in [2.75, 3.05) is 32.1 Å². The van der Waals surface area contributed by atoms with E-state index in [0.717, 1.165) is 29.7 Å². The van der Waals surface area contributed by atoms with Crippen LogP contribution in [0.25, 0.3) is 0 Å².